The van der Waals surface area contributed by atoms with Crippen molar-refractivity contribution in [3.05, 3.63) is 0 Å². The molecule has 0 aliphatic rings. The van der Waals surface area contributed by atoms with Crippen LogP contribution in [0.4, 0.5) is 0 Å². The minimum atomic E-state index is -2.97. The van der Waals surface area contributed by atoms with E-state index in [9.17, 15) is 59.4 Å². The van der Waals surface area contributed by atoms with E-state index in [4.69, 9.17) is 10.2 Å². The largest absolute Gasteiger partial charge is 3.00 e. The van der Waals surface area contributed by atoms with Crippen molar-refractivity contribution in [1.82, 2.24) is 0 Å². The van der Waals surface area contributed by atoms with E-state index >= 15 is 0 Å². The molecule has 0 radical (unpaired) electrons. The first-order chi connectivity index (χ1) is 11.6. The Bertz CT molecular complexity index is 517. The van der Waals surface area contributed by atoms with Gasteiger partial charge in [0.1, 0.15) is 11.2 Å². The number of aliphatic carboxylic acids is 6. The molecule has 0 aromatic heterocycles. The Morgan fingerprint density at radius 1 is 0.500 bits per heavy atom. The van der Waals surface area contributed by atoms with Gasteiger partial charge in [-0.15, -0.1) is 0 Å². The van der Waals surface area contributed by atoms with Gasteiger partial charge in [0, 0.05) is 49.6 Å². The fourth-order valence-corrected chi connectivity index (χ4v) is 1.37. The Kier molecular flexibility index (Phi) is 19.1. The van der Waals surface area contributed by atoms with Gasteiger partial charge in [-0.1, -0.05) is 0 Å². The van der Waals surface area contributed by atoms with Crippen LogP contribution in [0.25, 0.3) is 0 Å². The molecule has 2 N–H and O–H groups in total. The van der Waals surface area contributed by atoms with Gasteiger partial charge in [-0.2, -0.15) is 0 Å². The summed E-state index contributed by atoms with van der Waals surface area (Å²) in [5, 5.41) is 77.9. The topological polar surface area (TPSA) is 281 Å². The van der Waals surface area contributed by atoms with Crippen LogP contribution in [-0.2, 0) is 28.8 Å². The molecule has 0 rings (SSSR count). The zero-order chi connectivity index (χ0) is 21.3. The first-order valence-electron chi connectivity index (χ1n) is 6.23. The zero-order valence-corrected chi connectivity index (χ0v) is 21.2. The maximum absolute atomic E-state index is 10.1. The molecule has 28 heavy (non-hydrogen) atoms. The fourth-order valence-electron chi connectivity index (χ4n) is 1.37. The number of carbonyl (C=O) groups is 6. The molecule has 16 heteroatoms. The molecule has 0 saturated heterocycles. The molecule has 0 bridgehead atoms. The summed E-state index contributed by atoms with van der Waals surface area (Å²) in [7, 11) is 0. The van der Waals surface area contributed by atoms with Crippen LogP contribution in [0.15, 0.2) is 0 Å². The van der Waals surface area contributed by atoms with Gasteiger partial charge in [0.2, 0.25) is 0 Å². The maximum Gasteiger partial charge on any atom is 3.00 e. The normalized spacial score (nSPS) is 10.1. The average Bonchev–Trinajstić information content (AvgIpc) is 2.34. The van der Waals surface area contributed by atoms with E-state index in [-0.39, 0.29) is 82.6 Å². The van der Waals surface area contributed by atoms with Crippen molar-refractivity contribution in [1.29, 1.82) is 0 Å². The molecule has 0 saturated carbocycles. The molecule has 0 amide bonds. The quantitative estimate of drug-likeness (QED) is 0.220. The van der Waals surface area contributed by atoms with Crippen molar-refractivity contribution >= 4 is 35.8 Å². The van der Waals surface area contributed by atoms with Crippen LogP contribution in [-0.4, -0.2) is 57.2 Å². The Morgan fingerprint density at radius 3 is 0.714 bits per heavy atom. The molecular formula is C12H10O14Pr2. The van der Waals surface area contributed by atoms with Crippen LogP contribution >= 0.6 is 0 Å². The number of rotatable bonds is 10. The second-order valence-corrected chi connectivity index (χ2v) is 4.83. The van der Waals surface area contributed by atoms with Gasteiger partial charge in [-0.25, -0.2) is 0 Å². The summed E-state index contributed by atoms with van der Waals surface area (Å²) in [5.74, 6) is -12.0. The molecule has 0 unspecified atom stereocenters. The standard InChI is InChI=1S/2C6H8O7.2Pr/c2*7-3(8)1-6(13,5(11)12)2-4(9)10;;/h2*13H,1-2H2,(H,7,8)(H,9,10)(H,11,12);;/q;;2*+3/p-6. The Balaban J connectivity index is -0.000000192. The second kappa shape index (κ2) is 15.3. The first-order valence-corrected chi connectivity index (χ1v) is 6.23. The molecule has 0 heterocycles. The summed E-state index contributed by atoms with van der Waals surface area (Å²) in [6, 6.07) is 0. The monoisotopic (exact) mass is 660 g/mol. The fraction of sp³-hybridized carbons (Fsp3) is 0.500. The summed E-state index contributed by atoms with van der Waals surface area (Å²) in [5.41, 5.74) is -5.95. The van der Waals surface area contributed by atoms with E-state index in [0.29, 0.717) is 0 Å². The molecule has 0 aromatic carbocycles. The van der Waals surface area contributed by atoms with Crippen molar-refractivity contribution in [3.8, 4) is 0 Å². The van der Waals surface area contributed by atoms with E-state index in [1.54, 1.807) is 0 Å². The van der Waals surface area contributed by atoms with Gasteiger partial charge >= 0.3 is 82.6 Å². The minimum absolute atomic E-state index is 0. The average molecular weight is 660 g/mol. The number of hydrogen-bond donors (Lipinski definition) is 2. The van der Waals surface area contributed by atoms with Crippen molar-refractivity contribution < 1.29 is 152 Å². The molecule has 0 atom stereocenters. The number of carboxylic acids is 6. The summed E-state index contributed by atoms with van der Waals surface area (Å²) < 4.78 is 0. The molecular weight excluding hydrogens is 650 g/mol. The van der Waals surface area contributed by atoms with E-state index in [1.807, 2.05) is 0 Å². The molecule has 0 spiro atoms. The van der Waals surface area contributed by atoms with Gasteiger partial charge in [0.25, 0.3) is 0 Å². The van der Waals surface area contributed by atoms with E-state index in [0.717, 1.165) is 0 Å². The maximum atomic E-state index is 10.1. The van der Waals surface area contributed by atoms with Crippen LogP contribution in [0.3, 0.4) is 0 Å². The van der Waals surface area contributed by atoms with E-state index in [2.05, 4.69) is 0 Å². The van der Waals surface area contributed by atoms with Crippen molar-refractivity contribution in [2.45, 2.75) is 36.9 Å². The van der Waals surface area contributed by atoms with Gasteiger partial charge in [0.15, 0.2) is 0 Å². The number of carboxylic acid groups (broad SMARTS) is 6. The van der Waals surface area contributed by atoms with Crippen LogP contribution in [0, 0.1) is 82.6 Å². The van der Waals surface area contributed by atoms with Gasteiger partial charge in [-0.3, -0.25) is 0 Å². The van der Waals surface area contributed by atoms with Gasteiger partial charge < -0.3 is 69.6 Å². The Labute approximate surface area is 222 Å². The molecule has 0 aliphatic carbocycles. The number of aliphatic hydroxyl groups is 2. The van der Waals surface area contributed by atoms with Crippen molar-refractivity contribution in [3.63, 3.8) is 0 Å². The molecule has 0 fully saturated rings. The molecule has 0 aliphatic heterocycles. The summed E-state index contributed by atoms with van der Waals surface area (Å²) in [4.78, 5) is 60.0. The van der Waals surface area contributed by atoms with Crippen LogP contribution < -0.4 is 30.6 Å². The summed E-state index contributed by atoms with van der Waals surface area (Å²) >= 11 is 0. The van der Waals surface area contributed by atoms with E-state index < -0.39 is 72.7 Å². The third kappa shape index (κ3) is 15.4. The third-order valence-electron chi connectivity index (χ3n) is 2.51. The second-order valence-electron chi connectivity index (χ2n) is 4.83. The SMILES string of the molecule is O=C([O-])CC(O)(CC(=O)[O-])C(=O)[O-].O=C([O-])CC(O)(CC(=O)[O-])C(=O)[O-].[Pr+3].[Pr+3]. The molecule has 14 nitrogen and oxygen atoms in total. The molecule has 148 valence electrons. The van der Waals surface area contributed by atoms with Crippen LogP contribution in [0.1, 0.15) is 25.7 Å². The van der Waals surface area contributed by atoms with Crippen LogP contribution in [0.2, 0.25) is 0 Å². The van der Waals surface area contributed by atoms with Gasteiger partial charge in [-0.05, 0) is 0 Å². The van der Waals surface area contributed by atoms with Crippen molar-refractivity contribution in [2.75, 3.05) is 0 Å². The van der Waals surface area contributed by atoms with Crippen LogP contribution in [0.5, 0.6) is 0 Å². The molecule has 0 aromatic rings. The predicted molar refractivity (Wildman–Crippen MR) is 58.4 cm³/mol. The van der Waals surface area contributed by atoms with E-state index in [1.165, 1.54) is 0 Å². The summed E-state index contributed by atoms with van der Waals surface area (Å²) in [6.45, 7) is 0. The predicted octanol–water partition coefficient (Wildman–Crippen LogP) is -10.5. The summed E-state index contributed by atoms with van der Waals surface area (Å²) in [6.07, 6.45) is -5.43. The zero-order valence-electron chi connectivity index (χ0n) is 13.8. The minimum Gasteiger partial charge on any atom is -0.550 e. The van der Waals surface area contributed by atoms with Gasteiger partial charge in [0.05, 0.1) is 11.9 Å². The third-order valence-corrected chi connectivity index (χ3v) is 2.51. The first kappa shape index (κ1) is 34.9. The van der Waals surface area contributed by atoms with Crippen molar-refractivity contribution in [2.24, 2.45) is 0 Å². The number of hydrogen-bond acceptors (Lipinski definition) is 14. The Hall–Kier alpha value is -0.533. The Morgan fingerprint density at radius 2 is 0.643 bits per heavy atom. The number of carbonyl (C=O) groups excluding carboxylic acids is 6. The smallest absolute Gasteiger partial charge is 0.550 e.